The third-order valence-electron chi connectivity index (χ3n) is 6.44. The Morgan fingerprint density at radius 3 is 2.56 bits per heavy atom. The van der Waals surface area contributed by atoms with Gasteiger partial charge in [-0.25, -0.2) is 0 Å². The molecule has 3 N–H and O–H groups in total. The Kier molecular flexibility index (Phi) is 11.6. The lowest BCUT2D eigenvalue weighted by molar-refractivity contribution is -0.146. The highest BCUT2D eigenvalue weighted by Gasteiger charge is 2.29. The Labute approximate surface area is 230 Å². The zero-order valence-corrected chi connectivity index (χ0v) is 22.9. The van der Waals surface area contributed by atoms with E-state index in [9.17, 15) is 19.5 Å². The standard InChI is InChI=1S/C31H40N2O6/c1-31(2)22-39-29(36)13-9-4-3-8-12-25(30(37)33-31)19-28(35)32-26(20-34)18-23-14-16-27(17-15-23)38-21-24-10-6-5-7-11-24/h3,5-8,10-11,14-17,25-26,34H,4,9,12-13,18-22H2,1-2H3,(H,32,35)(H,33,37). The lowest BCUT2D eigenvalue weighted by Gasteiger charge is -2.28. The molecule has 39 heavy (non-hydrogen) atoms. The first-order valence-electron chi connectivity index (χ1n) is 13.5. The lowest BCUT2D eigenvalue weighted by atomic mass is 9.96. The van der Waals surface area contributed by atoms with Gasteiger partial charge in [0.05, 0.1) is 24.1 Å². The number of carbonyl (C=O) groups is 3. The maximum Gasteiger partial charge on any atom is 0.305 e. The maximum absolute atomic E-state index is 13.0. The van der Waals surface area contributed by atoms with E-state index in [1.54, 1.807) is 13.8 Å². The molecule has 8 nitrogen and oxygen atoms in total. The molecular weight excluding hydrogens is 496 g/mol. The third kappa shape index (κ3) is 10.9. The Bertz CT molecular complexity index is 1100. The van der Waals surface area contributed by atoms with Crippen molar-refractivity contribution < 1.29 is 29.0 Å². The molecule has 210 valence electrons. The normalized spacial score (nSPS) is 18.9. The van der Waals surface area contributed by atoms with Crippen LogP contribution in [0.15, 0.2) is 66.7 Å². The molecule has 1 aliphatic rings. The van der Waals surface area contributed by atoms with Crippen LogP contribution in [0.2, 0.25) is 0 Å². The molecular formula is C31H40N2O6. The van der Waals surface area contributed by atoms with Crippen molar-refractivity contribution in [3.05, 3.63) is 77.9 Å². The molecule has 0 saturated carbocycles. The van der Waals surface area contributed by atoms with Crippen LogP contribution in [-0.4, -0.2) is 47.7 Å². The van der Waals surface area contributed by atoms with Gasteiger partial charge < -0.3 is 25.2 Å². The Morgan fingerprint density at radius 1 is 1.10 bits per heavy atom. The Morgan fingerprint density at radius 2 is 1.85 bits per heavy atom. The van der Waals surface area contributed by atoms with Gasteiger partial charge in [-0.1, -0.05) is 54.6 Å². The number of amides is 2. The van der Waals surface area contributed by atoms with Crippen LogP contribution in [0.1, 0.15) is 57.1 Å². The first kappa shape index (κ1) is 29.9. The van der Waals surface area contributed by atoms with Gasteiger partial charge in [0.15, 0.2) is 0 Å². The van der Waals surface area contributed by atoms with E-state index in [2.05, 4.69) is 10.6 Å². The molecule has 8 heteroatoms. The van der Waals surface area contributed by atoms with Crippen LogP contribution in [0.25, 0.3) is 0 Å². The largest absolute Gasteiger partial charge is 0.489 e. The van der Waals surface area contributed by atoms with Crippen LogP contribution in [0.3, 0.4) is 0 Å². The van der Waals surface area contributed by atoms with Gasteiger partial charge in [0.2, 0.25) is 11.8 Å². The first-order chi connectivity index (χ1) is 18.7. The SMILES string of the molecule is CC1(C)COC(=O)CCCC=CCC(CC(=O)NC(CO)Cc2ccc(OCc3ccccc3)cc2)C(=O)N1. The summed E-state index contributed by atoms with van der Waals surface area (Å²) in [5.41, 5.74) is 1.27. The molecule has 0 fully saturated rings. The van der Waals surface area contributed by atoms with Crippen molar-refractivity contribution in [3.63, 3.8) is 0 Å². The van der Waals surface area contributed by atoms with Crippen molar-refractivity contribution in [2.75, 3.05) is 13.2 Å². The van der Waals surface area contributed by atoms with Gasteiger partial charge in [0.1, 0.15) is 19.0 Å². The average Bonchev–Trinajstić information content (AvgIpc) is 2.93. The summed E-state index contributed by atoms with van der Waals surface area (Å²) in [4.78, 5) is 37.8. The van der Waals surface area contributed by atoms with Gasteiger partial charge >= 0.3 is 5.97 Å². The minimum atomic E-state index is -0.760. The van der Waals surface area contributed by atoms with Crippen LogP contribution >= 0.6 is 0 Å². The zero-order valence-electron chi connectivity index (χ0n) is 22.9. The summed E-state index contributed by atoms with van der Waals surface area (Å²) >= 11 is 0. The summed E-state index contributed by atoms with van der Waals surface area (Å²) < 4.78 is 11.1. The molecule has 2 aromatic carbocycles. The molecule has 0 bridgehead atoms. The number of carbonyl (C=O) groups excluding carboxylic acids is 3. The summed E-state index contributed by atoms with van der Waals surface area (Å²) in [7, 11) is 0. The van der Waals surface area contributed by atoms with Crippen molar-refractivity contribution in [2.45, 2.75) is 70.6 Å². The predicted octanol–water partition coefficient (Wildman–Crippen LogP) is 3.86. The van der Waals surface area contributed by atoms with Gasteiger partial charge in [-0.15, -0.1) is 0 Å². The van der Waals surface area contributed by atoms with Crippen molar-refractivity contribution >= 4 is 17.8 Å². The molecule has 2 amide bonds. The highest BCUT2D eigenvalue weighted by molar-refractivity contribution is 5.86. The van der Waals surface area contributed by atoms with E-state index in [-0.39, 0.29) is 37.4 Å². The Hall–Kier alpha value is -3.65. The predicted molar refractivity (Wildman–Crippen MR) is 149 cm³/mol. The molecule has 2 aromatic rings. The highest BCUT2D eigenvalue weighted by atomic mass is 16.5. The average molecular weight is 537 g/mol. The van der Waals surface area contributed by atoms with Crippen molar-refractivity contribution in [3.8, 4) is 5.75 Å². The maximum atomic E-state index is 13.0. The summed E-state index contributed by atoms with van der Waals surface area (Å²) in [6.45, 7) is 3.87. The number of hydrogen-bond donors (Lipinski definition) is 3. The van der Waals surface area contributed by atoms with E-state index in [1.165, 1.54) is 0 Å². The quantitative estimate of drug-likeness (QED) is 0.331. The fraction of sp³-hybridized carbons (Fsp3) is 0.452. The molecule has 0 saturated heterocycles. The second kappa shape index (κ2) is 15.1. The topological polar surface area (TPSA) is 114 Å². The molecule has 1 aliphatic heterocycles. The van der Waals surface area contributed by atoms with Crippen LogP contribution in [0.5, 0.6) is 5.75 Å². The van der Waals surface area contributed by atoms with Crippen LogP contribution in [-0.2, 0) is 32.1 Å². The number of aliphatic hydroxyl groups excluding tert-OH is 1. The third-order valence-corrected chi connectivity index (χ3v) is 6.44. The van der Waals surface area contributed by atoms with Gasteiger partial charge in [-0.05, 0) is 62.8 Å². The number of aliphatic hydroxyl groups is 1. The summed E-state index contributed by atoms with van der Waals surface area (Å²) in [6.07, 6.45) is 6.33. The molecule has 0 spiro atoms. The fourth-order valence-corrected chi connectivity index (χ4v) is 4.25. The van der Waals surface area contributed by atoms with Crippen molar-refractivity contribution in [1.29, 1.82) is 0 Å². The molecule has 0 radical (unpaired) electrons. The van der Waals surface area contributed by atoms with E-state index < -0.39 is 17.5 Å². The number of cyclic esters (lactones) is 1. The molecule has 0 aliphatic carbocycles. The number of rotatable bonds is 9. The number of ether oxygens (including phenoxy) is 2. The summed E-state index contributed by atoms with van der Waals surface area (Å²) in [5.74, 6) is -0.717. The van der Waals surface area contributed by atoms with Crippen molar-refractivity contribution in [1.82, 2.24) is 10.6 Å². The smallest absolute Gasteiger partial charge is 0.305 e. The van der Waals surface area contributed by atoms with Gasteiger partial charge in [0.25, 0.3) is 0 Å². The van der Waals surface area contributed by atoms with Crippen LogP contribution < -0.4 is 15.4 Å². The lowest BCUT2D eigenvalue weighted by Crippen LogP contribution is -2.50. The minimum absolute atomic E-state index is 0.0190. The molecule has 2 unspecified atom stereocenters. The second-order valence-electron chi connectivity index (χ2n) is 10.6. The number of hydrogen-bond acceptors (Lipinski definition) is 6. The molecule has 2 atom stereocenters. The summed E-state index contributed by atoms with van der Waals surface area (Å²) in [5, 5.41) is 15.7. The van der Waals surface area contributed by atoms with Gasteiger partial charge in [-0.2, -0.15) is 0 Å². The first-order valence-corrected chi connectivity index (χ1v) is 13.5. The van der Waals surface area contributed by atoms with Crippen LogP contribution in [0.4, 0.5) is 0 Å². The van der Waals surface area contributed by atoms with E-state index in [0.717, 1.165) is 16.9 Å². The summed E-state index contributed by atoms with van der Waals surface area (Å²) in [6, 6.07) is 17.0. The van der Waals surface area contributed by atoms with Crippen LogP contribution in [0, 0.1) is 5.92 Å². The van der Waals surface area contributed by atoms with E-state index >= 15 is 0 Å². The van der Waals surface area contributed by atoms with Gasteiger partial charge in [0, 0.05) is 12.8 Å². The number of nitrogens with one attached hydrogen (secondary N) is 2. The molecule has 0 aromatic heterocycles. The number of esters is 1. The number of allylic oxidation sites excluding steroid dienone is 2. The Balaban J connectivity index is 1.54. The van der Waals surface area contributed by atoms with E-state index in [1.807, 2.05) is 66.7 Å². The van der Waals surface area contributed by atoms with Gasteiger partial charge in [-0.3, -0.25) is 14.4 Å². The fourth-order valence-electron chi connectivity index (χ4n) is 4.25. The molecule has 1 heterocycles. The minimum Gasteiger partial charge on any atom is -0.489 e. The second-order valence-corrected chi connectivity index (χ2v) is 10.6. The highest BCUT2D eigenvalue weighted by Crippen LogP contribution is 2.17. The zero-order chi connectivity index (χ0) is 28.1. The van der Waals surface area contributed by atoms with E-state index in [0.29, 0.717) is 38.7 Å². The van der Waals surface area contributed by atoms with E-state index in [4.69, 9.17) is 9.47 Å². The van der Waals surface area contributed by atoms with Crippen molar-refractivity contribution in [2.24, 2.45) is 5.92 Å². The monoisotopic (exact) mass is 536 g/mol. The molecule has 3 rings (SSSR count). The number of benzene rings is 2.